The van der Waals surface area contributed by atoms with Crippen LogP contribution < -0.4 is 0 Å². The molecule has 0 N–H and O–H groups in total. The van der Waals surface area contributed by atoms with Crippen molar-refractivity contribution in [3.8, 4) is 0 Å². The fraction of sp³-hybridized carbons (Fsp3) is 0.375. The third-order valence-electron chi connectivity index (χ3n) is 3.79. The van der Waals surface area contributed by atoms with Gasteiger partial charge in [0.15, 0.2) is 5.78 Å². The molecule has 0 aliphatic carbocycles. The van der Waals surface area contributed by atoms with Crippen LogP contribution in [0.1, 0.15) is 16.8 Å². The van der Waals surface area contributed by atoms with E-state index in [1.54, 1.807) is 30.3 Å². The molecule has 0 saturated carbocycles. The van der Waals surface area contributed by atoms with E-state index in [1.807, 2.05) is 0 Å². The molecule has 1 aromatic rings. The average Bonchev–Trinajstić information content (AvgIpc) is 2.60. The van der Waals surface area contributed by atoms with Crippen molar-refractivity contribution in [2.45, 2.75) is 12.5 Å². The Balaban J connectivity index is 2.30. The first kappa shape index (κ1) is 16.7. The monoisotopic (exact) mass is 319 g/mol. The van der Waals surface area contributed by atoms with Gasteiger partial charge < -0.3 is 14.4 Å². The van der Waals surface area contributed by atoms with Crippen LogP contribution in [0.4, 0.5) is 0 Å². The minimum Gasteiger partial charge on any atom is -0.468 e. The van der Waals surface area contributed by atoms with E-state index in [4.69, 9.17) is 4.74 Å². The van der Waals surface area contributed by atoms with Crippen molar-refractivity contribution in [2.75, 3.05) is 20.8 Å². The number of hydrogen-bond acceptors (Lipinski definition) is 6. The molecule has 0 spiro atoms. The molecule has 0 radical (unpaired) electrons. The van der Waals surface area contributed by atoms with E-state index < -0.39 is 35.6 Å². The number of esters is 2. The number of likely N-dealkylation sites (tertiary alicyclic amines) is 1. The molecule has 2 rings (SSSR count). The number of nitrogens with zero attached hydrogens (tertiary/aromatic N) is 1. The summed E-state index contributed by atoms with van der Waals surface area (Å²) < 4.78 is 9.29. The molecular formula is C16H17NO6. The Labute approximate surface area is 133 Å². The summed E-state index contributed by atoms with van der Waals surface area (Å²) in [6.45, 7) is -0.340. The van der Waals surface area contributed by atoms with Crippen LogP contribution in [0.3, 0.4) is 0 Å². The van der Waals surface area contributed by atoms with E-state index in [-0.39, 0.29) is 13.0 Å². The summed E-state index contributed by atoms with van der Waals surface area (Å²) in [7, 11) is 2.36. The number of ketones is 1. The first-order valence-electron chi connectivity index (χ1n) is 7.04. The minimum absolute atomic E-state index is 0.142. The van der Waals surface area contributed by atoms with Crippen LogP contribution in [0, 0.1) is 5.92 Å². The maximum Gasteiger partial charge on any atom is 0.328 e. The van der Waals surface area contributed by atoms with E-state index in [0.717, 1.165) is 4.90 Å². The number of amides is 1. The molecule has 0 unspecified atom stereocenters. The van der Waals surface area contributed by atoms with Gasteiger partial charge in [-0.15, -0.1) is 0 Å². The lowest BCUT2D eigenvalue weighted by Gasteiger charge is -2.35. The molecule has 7 nitrogen and oxygen atoms in total. The van der Waals surface area contributed by atoms with Crippen LogP contribution in [-0.2, 0) is 23.9 Å². The van der Waals surface area contributed by atoms with Crippen molar-refractivity contribution in [3.05, 3.63) is 35.9 Å². The normalized spacial score (nSPS) is 20.8. The Morgan fingerprint density at radius 3 is 2.22 bits per heavy atom. The number of carbonyl (C=O) groups excluding carboxylic acids is 4. The number of benzene rings is 1. The van der Waals surface area contributed by atoms with Gasteiger partial charge in [-0.1, -0.05) is 18.2 Å². The van der Waals surface area contributed by atoms with Gasteiger partial charge in [0, 0.05) is 5.56 Å². The zero-order valence-corrected chi connectivity index (χ0v) is 12.9. The lowest BCUT2D eigenvalue weighted by atomic mass is 9.89. The molecule has 1 heterocycles. The summed E-state index contributed by atoms with van der Waals surface area (Å²) in [6.07, 6.45) is -0.142. The quantitative estimate of drug-likeness (QED) is 0.593. The Hall–Kier alpha value is -2.70. The zero-order valence-electron chi connectivity index (χ0n) is 12.9. The predicted octanol–water partition coefficient (Wildman–Crippen LogP) is 0.432. The van der Waals surface area contributed by atoms with Gasteiger partial charge in [-0.3, -0.25) is 14.4 Å². The second kappa shape index (κ2) is 7.04. The van der Waals surface area contributed by atoms with Gasteiger partial charge in [0.1, 0.15) is 12.0 Å². The Bertz CT molecular complexity index is 627. The van der Waals surface area contributed by atoms with E-state index >= 15 is 0 Å². The molecule has 7 heteroatoms. The first-order valence-corrected chi connectivity index (χ1v) is 7.04. The molecule has 122 valence electrons. The van der Waals surface area contributed by atoms with Crippen molar-refractivity contribution < 1.29 is 28.7 Å². The lowest BCUT2D eigenvalue weighted by molar-refractivity contribution is -0.156. The Morgan fingerprint density at radius 1 is 1.04 bits per heavy atom. The third-order valence-corrected chi connectivity index (χ3v) is 3.79. The fourth-order valence-electron chi connectivity index (χ4n) is 2.56. The van der Waals surface area contributed by atoms with Crippen molar-refractivity contribution >= 4 is 23.6 Å². The summed E-state index contributed by atoms with van der Waals surface area (Å²) >= 11 is 0. The maximum absolute atomic E-state index is 12.6. The van der Waals surface area contributed by atoms with Crippen molar-refractivity contribution in [2.24, 2.45) is 5.92 Å². The highest BCUT2D eigenvalue weighted by Crippen LogP contribution is 2.24. The molecule has 1 saturated heterocycles. The van der Waals surface area contributed by atoms with Crippen LogP contribution in [0.15, 0.2) is 30.3 Å². The smallest absolute Gasteiger partial charge is 0.328 e. The second-order valence-electron chi connectivity index (χ2n) is 5.12. The molecule has 1 aliphatic rings. The standard InChI is InChI=1S/C16H17NO6/c1-22-15(20)11-8-12(16(21)23-2)17(9-13(11)18)14(19)10-6-4-3-5-7-10/h3-7,11-12H,8-9H2,1-2H3/t11-,12+/m0/s1. The number of Topliss-reactive ketones (excluding diaryl/α,β-unsaturated/α-hetero) is 1. The van der Waals surface area contributed by atoms with E-state index in [2.05, 4.69) is 4.74 Å². The van der Waals surface area contributed by atoms with Gasteiger partial charge in [0.2, 0.25) is 0 Å². The molecule has 23 heavy (non-hydrogen) atoms. The van der Waals surface area contributed by atoms with E-state index in [1.165, 1.54) is 14.2 Å². The largest absolute Gasteiger partial charge is 0.468 e. The minimum atomic E-state index is -1.07. The summed E-state index contributed by atoms with van der Waals surface area (Å²) in [5.41, 5.74) is 0.353. The highest BCUT2D eigenvalue weighted by molar-refractivity contribution is 6.06. The van der Waals surface area contributed by atoms with Gasteiger partial charge in [0.25, 0.3) is 5.91 Å². The highest BCUT2D eigenvalue weighted by Gasteiger charge is 2.44. The maximum atomic E-state index is 12.6. The number of methoxy groups -OCH3 is 2. The number of piperidine rings is 1. The molecule has 0 aromatic heterocycles. The van der Waals surface area contributed by atoms with Gasteiger partial charge in [-0.2, -0.15) is 0 Å². The summed E-state index contributed by atoms with van der Waals surface area (Å²) in [6, 6.07) is 7.30. The van der Waals surface area contributed by atoms with Crippen LogP contribution >= 0.6 is 0 Å². The molecule has 1 aromatic carbocycles. The van der Waals surface area contributed by atoms with Crippen molar-refractivity contribution in [1.29, 1.82) is 0 Å². The fourth-order valence-corrected chi connectivity index (χ4v) is 2.56. The highest BCUT2D eigenvalue weighted by atomic mass is 16.5. The average molecular weight is 319 g/mol. The second-order valence-corrected chi connectivity index (χ2v) is 5.12. The van der Waals surface area contributed by atoms with Crippen LogP contribution in [0.5, 0.6) is 0 Å². The molecule has 1 fully saturated rings. The van der Waals surface area contributed by atoms with E-state index in [9.17, 15) is 19.2 Å². The van der Waals surface area contributed by atoms with Gasteiger partial charge in [-0.05, 0) is 18.6 Å². The summed E-state index contributed by atoms with van der Waals surface area (Å²) in [5.74, 6) is -3.37. The molecule has 1 aliphatic heterocycles. The summed E-state index contributed by atoms with van der Waals surface area (Å²) in [5, 5.41) is 0. The first-order chi connectivity index (χ1) is 11.0. The summed E-state index contributed by atoms with van der Waals surface area (Å²) in [4.78, 5) is 49.5. The molecule has 1 amide bonds. The Morgan fingerprint density at radius 2 is 1.65 bits per heavy atom. The molecule has 2 atom stereocenters. The molecular weight excluding hydrogens is 302 g/mol. The lowest BCUT2D eigenvalue weighted by Crippen LogP contribution is -2.55. The van der Waals surface area contributed by atoms with Crippen LogP contribution in [-0.4, -0.2) is 55.3 Å². The van der Waals surface area contributed by atoms with Crippen molar-refractivity contribution in [3.63, 3.8) is 0 Å². The van der Waals surface area contributed by atoms with Gasteiger partial charge in [-0.25, -0.2) is 4.79 Å². The van der Waals surface area contributed by atoms with Crippen molar-refractivity contribution in [1.82, 2.24) is 4.90 Å². The predicted molar refractivity (Wildman–Crippen MR) is 78.4 cm³/mol. The van der Waals surface area contributed by atoms with E-state index in [0.29, 0.717) is 5.56 Å². The zero-order chi connectivity index (χ0) is 17.0. The number of ether oxygens (including phenoxy) is 2. The van der Waals surface area contributed by atoms with Crippen LogP contribution in [0.2, 0.25) is 0 Å². The van der Waals surface area contributed by atoms with Gasteiger partial charge in [0.05, 0.1) is 20.8 Å². The number of hydrogen-bond donors (Lipinski definition) is 0. The SMILES string of the molecule is COC(=O)[C@H]1C[C@H](C(=O)OC)N(C(=O)c2ccccc2)CC1=O. The Kier molecular flexibility index (Phi) is 5.10. The van der Waals surface area contributed by atoms with Crippen LogP contribution in [0.25, 0.3) is 0 Å². The van der Waals surface area contributed by atoms with Gasteiger partial charge >= 0.3 is 11.9 Å². The number of rotatable bonds is 3. The third kappa shape index (κ3) is 3.39. The molecule has 0 bridgehead atoms. The topological polar surface area (TPSA) is 90.0 Å². The number of carbonyl (C=O) groups is 4.